The largest absolute Gasteiger partial charge is 0.368 e. The fourth-order valence-electron chi connectivity index (χ4n) is 23.5. The van der Waals surface area contributed by atoms with Gasteiger partial charge in [-0.1, -0.05) is 112 Å². The summed E-state index contributed by atoms with van der Waals surface area (Å²) in [6.07, 6.45) is 37.8. The molecule has 0 atom stereocenters. The van der Waals surface area contributed by atoms with E-state index in [4.69, 9.17) is 9.98 Å². The summed E-state index contributed by atoms with van der Waals surface area (Å²) in [7, 11) is 2.14. The van der Waals surface area contributed by atoms with E-state index in [0.717, 1.165) is 197 Å². The highest BCUT2D eigenvalue weighted by atomic mass is 19.1. The summed E-state index contributed by atoms with van der Waals surface area (Å²) in [5.41, 5.74) is 26.0. The average molecular weight is 1870 g/mol. The monoisotopic (exact) mass is 1870 g/mol. The van der Waals surface area contributed by atoms with Gasteiger partial charge in [0.15, 0.2) is 23.3 Å². The summed E-state index contributed by atoms with van der Waals surface area (Å²) in [6, 6.07) is 36.6. The number of rotatable bonds is 18. The van der Waals surface area contributed by atoms with Crippen molar-refractivity contribution in [2.45, 2.75) is 204 Å². The normalized spacial score (nSPS) is 18.6. The smallest absolute Gasteiger partial charge is 0.229 e. The van der Waals surface area contributed by atoms with Crippen molar-refractivity contribution in [3.8, 4) is 45.0 Å². The van der Waals surface area contributed by atoms with Gasteiger partial charge >= 0.3 is 0 Å². The number of hydrogen-bond acceptors (Lipinski definition) is 24. The van der Waals surface area contributed by atoms with Gasteiger partial charge in [-0.25, -0.2) is 77.4 Å². The molecule has 4 aromatic carbocycles. The van der Waals surface area contributed by atoms with Crippen LogP contribution in [0.25, 0.3) is 57.2 Å². The van der Waals surface area contributed by atoms with Crippen LogP contribution in [0.15, 0.2) is 180 Å². The maximum absolute atomic E-state index is 15.0. The molecule has 8 aromatic heterocycles. The van der Waals surface area contributed by atoms with Crippen LogP contribution in [0.5, 0.6) is 0 Å². The molecule has 0 amide bonds. The Balaban J connectivity index is 0.000000114. The minimum absolute atomic E-state index is 0.000745. The van der Waals surface area contributed by atoms with Crippen molar-refractivity contribution >= 4 is 93.4 Å². The van der Waals surface area contributed by atoms with Gasteiger partial charge in [0.2, 0.25) is 23.8 Å². The third-order valence-corrected chi connectivity index (χ3v) is 31.6. The van der Waals surface area contributed by atoms with Crippen LogP contribution >= 0.6 is 0 Å². The molecule has 4 saturated heterocycles. The SMILES string of the molecule is CC1=Cc2ccc(-c3nc(Nc4ccc(C5CCNCC5)cn4)ncc3F)cc2C12CCCC2.CC1=Cc2ccc(-c3nc(Nc4ccc(N5CCNCC5)cn4)ncc3F)cc2C12CCCC2.CC1=Nc2c(C)cc(-c3nc(Nc4ccc(C5CCNCC5)cn4)ncc3F)cc2C12CCCC2.CCC1(CC)C(C)=Nc2c(C)cc(-c3nc(Nc4ccc(N5CCN(C)CC5)cn4)ncc3F)cc21. The second kappa shape index (κ2) is 40.1. The zero-order chi connectivity index (χ0) is 95.7. The Morgan fingerprint density at radius 3 is 1.09 bits per heavy atom. The Bertz CT molecular complexity index is 6460. The van der Waals surface area contributed by atoms with Crippen LogP contribution in [0, 0.1) is 37.1 Å². The van der Waals surface area contributed by atoms with Crippen LogP contribution < -0.4 is 47.0 Å². The van der Waals surface area contributed by atoms with Gasteiger partial charge in [-0.15, -0.1) is 0 Å². The van der Waals surface area contributed by atoms with Crippen molar-refractivity contribution in [2.75, 3.05) is 117 Å². The number of benzene rings is 4. The van der Waals surface area contributed by atoms with Crippen LogP contribution in [-0.4, -0.2) is 162 Å². The van der Waals surface area contributed by atoms with E-state index in [2.05, 4.69) is 228 Å². The van der Waals surface area contributed by atoms with E-state index in [0.29, 0.717) is 76.0 Å². The Labute approximate surface area is 811 Å². The lowest BCUT2D eigenvalue weighted by molar-refractivity contribution is 0.313. The van der Waals surface area contributed by atoms with Gasteiger partial charge in [0, 0.05) is 120 Å². The van der Waals surface area contributed by atoms with Gasteiger partial charge in [-0.3, -0.25) is 9.98 Å². The molecule has 14 heterocycles. The van der Waals surface area contributed by atoms with E-state index in [1.807, 2.05) is 92.4 Å². The Morgan fingerprint density at radius 2 is 0.705 bits per heavy atom. The predicted molar refractivity (Wildman–Crippen MR) is 549 cm³/mol. The van der Waals surface area contributed by atoms with Gasteiger partial charge in [-0.05, 0) is 292 Å². The lowest BCUT2D eigenvalue weighted by atomic mass is 9.73. The topological polar surface area (TPSA) is 273 Å². The summed E-state index contributed by atoms with van der Waals surface area (Å²) in [5.74, 6) is 3.29. The van der Waals surface area contributed by atoms with E-state index in [1.54, 1.807) is 0 Å². The van der Waals surface area contributed by atoms with Crippen molar-refractivity contribution in [3.05, 3.63) is 249 Å². The molecule has 3 spiro atoms. The molecule has 24 nitrogen and oxygen atoms in total. The quantitative estimate of drug-likeness (QED) is 0.0393. The number of piperidine rings is 2. The Morgan fingerprint density at radius 1 is 0.353 bits per heavy atom. The molecular formula is C111H124F4N24. The second-order valence-corrected chi connectivity index (χ2v) is 39.6. The molecule has 0 bridgehead atoms. The van der Waals surface area contributed by atoms with Crippen LogP contribution in [0.2, 0.25) is 0 Å². The first-order chi connectivity index (χ1) is 67.6. The molecule has 6 aliphatic heterocycles. The number of allylic oxidation sites excluding steroid dienone is 2. The average Bonchev–Trinajstić information content (AvgIpc) is 1.52. The van der Waals surface area contributed by atoms with Crippen molar-refractivity contribution in [2.24, 2.45) is 9.98 Å². The first-order valence-electron chi connectivity index (χ1n) is 50.1. The third-order valence-electron chi connectivity index (χ3n) is 31.6. The molecule has 716 valence electrons. The second-order valence-electron chi connectivity index (χ2n) is 39.6. The van der Waals surface area contributed by atoms with Crippen molar-refractivity contribution in [3.63, 3.8) is 0 Å². The zero-order valence-electron chi connectivity index (χ0n) is 81.1. The van der Waals surface area contributed by atoms with Crippen LogP contribution in [0.1, 0.15) is 225 Å². The van der Waals surface area contributed by atoms with Crippen LogP contribution in [0.4, 0.5) is 87.4 Å². The number of halogens is 4. The predicted octanol–water partition coefficient (Wildman–Crippen LogP) is 22.9. The molecule has 11 aliphatic rings. The van der Waals surface area contributed by atoms with E-state index in [1.165, 1.54) is 145 Å². The molecule has 7 fully saturated rings. The van der Waals surface area contributed by atoms with E-state index in [9.17, 15) is 17.6 Å². The molecule has 5 aliphatic carbocycles. The number of likely N-dealkylation sites (N-methyl/N-ethyl adjacent to an activating group) is 1. The minimum atomic E-state index is -0.451. The summed E-state index contributed by atoms with van der Waals surface area (Å²) >= 11 is 0. The molecule has 3 saturated carbocycles. The molecule has 12 aromatic rings. The summed E-state index contributed by atoms with van der Waals surface area (Å²) in [5, 5.41) is 22.8. The number of aliphatic imine (C=N–C) groups is 2. The fraction of sp³-hybridized carbons (Fsp3) is 0.405. The highest BCUT2D eigenvalue weighted by Gasteiger charge is 2.47. The highest BCUT2D eigenvalue weighted by molar-refractivity contribution is 6.03. The number of hydrogen-bond donors (Lipinski definition) is 7. The van der Waals surface area contributed by atoms with Crippen molar-refractivity contribution in [1.29, 1.82) is 0 Å². The van der Waals surface area contributed by atoms with E-state index in [-0.39, 0.29) is 27.4 Å². The zero-order valence-corrected chi connectivity index (χ0v) is 81.1. The van der Waals surface area contributed by atoms with Crippen LogP contribution in [-0.2, 0) is 21.7 Å². The van der Waals surface area contributed by atoms with E-state index >= 15 is 0 Å². The van der Waals surface area contributed by atoms with Crippen molar-refractivity contribution < 1.29 is 17.6 Å². The number of piperazine rings is 2. The fourth-order valence-corrected chi connectivity index (χ4v) is 23.5. The molecule has 28 heteroatoms. The molecule has 0 radical (unpaired) electrons. The first kappa shape index (κ1) is 93.6. The van der Waals surface area contributed by atoms with Gasteiger partial charge in [-0.2, -0.15) is 0 Å². The standard InChI is InChI=1S/C28H34FN7.C28H31FN6.C28H30FN5.C27H29FN6/c1-6-28(7-2)19(4)32-25-18(3)14-20(15-22(25)28)26-23(29)17-31-27(34-26)33-24-9-8-21(16-30-24)36-12-10-35(5)11-13-36;1-17-13-21(14-22-25(17)33-18(2)28(22)9-3-4-10-28)26-23(29)16-32-27(35-26)34-24-6-5-20(15-31-24)19-7-11-30-12-8-19;1-18-14-20-4-5-21(15-23(20)28(18)10-2-3-11-28)26-24(29)17-32-27(34-26)33-25-7-6-22(16-31-25)19-8-12-30-13-9-19;1-18-14-19-4-5-20(15-22(19)27(18)8-2-3-9-27)25-23(28)17-31-26(33-25)32-24-7-6-21(16-30-24)34-12-10-29-11-13-34/h8-9,14-17H,6-7,10-13H2,1-5H3,(H,30,31,33,34);5-6,13-16,19,30H,3-4,7-12H2,1-2H3,(H,31,32,34,35);4-7,14-17,19,30H,2-3,8-13H2,1H3,(H,31,32,33,34);4-7,14-17,29H,2-3,8-13H2,1H3,(H,30,31,32,33). The van der Waals surface area contributed by atoms with E-state index < -0.39 is 23.3 Å². The summed E-state index contributed by atoms with van der Waals surface area (Å²) < 4.78 is 59.7. The van der Waals surface area contributed by atoms with Gasteiger partial charge < -0.3 is 51.9 Å². The molecular weight excluding hydrogens is 1750 g/mol. The number of aromatic nitrogens is 12. The Kier molecular flexibility index (Phi) is 27.0. The number of aryl methyl sites for hydroxylation is 2. The molecule has 23 rings (SSSR count). The van der Waals surface area contributed by atoms with Gasteiger partial charge in [0.1, 0.15) is 46.0 Å². The lowest BCUT2D eigenvalue weighted by Gasteiger charge is -2.33. The Hall–Kier alpha value is -13.0. The van der Waals surface area contributed by atoms with Gasteiger partial charge in [0.25, 0.3) is 0 Å². The molecule has 7 N–H and O–H groups in total. The first-order valence-corrected chi connectivity index (χ1v) is 50.1. The third kappa shape index (κ3) is 18.9. The molecule has 0 unspecified atom stereocenters. The highest BCUT2D eigenvalue weighted by Crippen LogP contribution is 2.57. The lowest BCUT2D eigenvalue weighted by Crippen LogP contribution is -2.44. The number of nitrogens with one attached hydrogen (secondary N) is 7. The summed E-state index contributed by atoms with van der Waals surface area (Å²) in [4.78, 5) is 69.9. The van der Waals surface area contributed by atoms with Crippen molar-refractivity contribution in [1.82, 2.24) is 80.7 Å². The number of pyridine rings is 4. The molecule has 139 heavy (non-hydrogen) atoms. The number of nitrogens with zero attached hydrogens (tertiary/aromatic N) is 17. The maximum Gasteiger partial charge on any atom is 0.229 e. The number of anilines is 10. The number of fused-ring (bicyclic) bond motifs is 7. The summed E-state index contributed by atoms with van der Waals surface area (Å²) in [6.45, 7) is 29.3. The maximum atomic E-state index is 15.0. The van der Waals surface area contributed by atoms with Gasteiger partial charge in [0.05, 0.1) is 59.9 Å². The minimum Gasteiger partial charge on any atom is -0.368 e. The van der Waals surface area contributed by atoms with Crippen LogP contribution in [0.3, 0.4) is 0 Å².